The highest BCUT2D eigenvalue weighted by atomic mass is 79.9. The van der Waals surface area contributed by atoms with Gasteiger partial charge in [-0.05, 0) is 22.9 Å². The Labute approximate surface area is 112 Å². The number of hydrogen-bond acceptors (Lipinski definition) is 6. The summed E-state index contributed by atoms with van der Waals surface area (Å²) >= 11 is 3.13. The molecule has 1 aromatic heterocycles. The molecule has 0 amide bonds. The van der Waals surface area contributed by atoms with E-state index in [4.69, 9.17) is 5.11 Å². The minimum atomic E-state index is -0.945. The third-order valence-electron chi connectivity index (χ3n) is 2.43. The van der Waals surface area contributed by atoms with Crippen LogP contribution in [0.15, 0.2) is 15.5 Å². The van der Waals surface area contributed by atoms with E-state index in [9.17, 15) is 15.0 Å². The van der Waals surface area contributed by atoms with Crippen molar-refractivity contribution in [1.82, 2.24) is 9.78 Å². The molecule has 18 heavy (non-hydrogen) atoms. The van der Waals surface area contributed by atoms with Crippen molar-refractivity contribution in [3.63, 3.8) is 0 Å². The van der Waals surface area contributed by atoms with E-state index in [0.717, 1.165) is 4.68 Å². The molecular weight excluding hydrogens is 306 g/mol. The molecule has 102 valence electrons. The topological polar surface area (TPSA) is 108 Å². The molecule has 0 spiro atoms. The molecule has 0 unspecified atom stereocenters. The van der Waals surface area contributed by atoms with Crippen LogP contribution in [-0.2, 0) is 6.54 Å². The second kappa shape index (κ2) is 6.28. The van der Waals surface area contributed by atoms with Gasteiger partial charge in [0.15, 0.2) is 0 Å². The zero-order valence-corrected chi connectivity index (χ0v) is 11.5. The van der Waals surface area contributed by atoms with Gasteiger partial charge in [-0.15, -0.1) is 0 Å². The number of aliphatic hydroxyl groups excluding tert-OH is 3. The lowest BCUT2D eigenvalue weighted by Gasteiger charge is -2.27. The van der Waals surface area contributed by atoms with Crippen molar-refractivity contribution in [3.05, 3.63) is 21.0 Å². The van der Waals surface area contributed by atoms with Gasteiger partial charge in [0.1, 0.15) is 4.47 Å². The summed E-state index contributed by atoms with van der Waals surface area (Å²) in [5, 5.41) is 33.8. The molecule has 0 saturated heterocycles. The first-order chi connectivity index (χ1) is 8.47. The van der Waals surface area contributed by atoms with Gasteiger partial charge < -0.3 is 20.6 Å². The highest BCUT2D eigenvalue weighted by molar-refractivity contribution is 9.10. The predicted molar refractivity (Wildman–Crippen MR) is 69.5 cm³/mol. The Kier molecular flexibility index (Phi) is 5.27. The Balaban J connectivity index is 3.06. The van der Waals surface area contributed by atoms with Gasteiger partial charge in [0.05, 0.1) is 43.8 Å². The first-order valence-electron chi connectivity index (χ1n) is 5.34. The van der Waals surface area contributed by atoms with Crippen molar-refractivity contribution < 1.29 is 15.3 Å². The molecule has 0 atom stereocenters. The normalized spacial score (nSPS) is 11.6. The van der Waals surface area contributed by atoms with E-state index in [1.165, 1.54) is 6.20 Å². The number of rotatable bonds is 6. The maximum Gasteiger partial charge on any atom is 0.283 e. The van der Waals surface area contributed by atoms with Crippen LogP contribution in [0, 0.1) is 0 Å². The molecule has 7 nitrogen and oxygen atoms in total. The van der Waals surface area contributed by atoms with Crippen molar-refractivity contribution in [2.24, 2.45) is 0 Å². The Morgan fingerprint density at radius 2 is 2.06 bits per heavy atom. The Morgan fingerprint density at radius 3 is 2.56 bits per heavy atom. The molecule has 0 aliphatic carbocycles. The van der Waals surface area contributed by atoms with Gasteiger partial charge >= 0.3 is 0 Å². The maximum absolute atomic E-state index is 11.8. The zero-order valence-electron chi connectivity index (χ0n) is 9.93. The molecule has 0 aliphatic rings. The van der Waals surface area contributed by atoms with Crippen LogP contribution >= 0.6 is 15.9 Å². The van der Waals surface area contributed by atoms with Gasteiger partial charge in [0.25, 0.3) is 5.56 Å². The second-order valence-electron chi connectivity index (χ2n) is 4.13. The molecule has 1 aromatic rings. The summed E-state index contributed by atoms with van der Waals surface area (Å²) in [6, 6.07) is 0. The summed E-state index contributed by atoms with van der Waals surface area (Å²) in [6.07, 6.45) is 1.39. The van der Waals surface area contributed by atoms with Crippen LogP contribution in [0.3, 0.4) is 0 Å². The smallest absolute Gasteiger partial charge is 0.283 e. The van der Waals surface area contributed by atoms with Gasteiger partial charge in [0, 0.05) is 0 Å². The van der Waals surface area contributed by atoms with Crippen LogP contribution in [0.25, 0.3) is 0 Å². The average molecular weight is 322 g/mol. The molecule has 0 bridgehead atoms. The Hall–Kier alpha value is -0.960. The summed E-state index contributed by atoms with van der Waals surface area (Å²) in [6.45, 7) is 0.941. The van der Waals surface area contributed by atoms with Crippen molar-refractivity contribution in [2.75, 3.05) is 25.1 Å². The predicted octanol–water partition coefficient (Wildman–Crippen LogP) is -0.847. The van der Waals surface area contributed by atoms with E-state index < -0.39 is 11.1 Å². The van der Waals surface area contributed by atoms with E-state index in [2.05, 4.69) is 26.3 Å². The highest BCUT2D eigenvalue weighted by Crippen LogP contribution is 2.20. The second-order valence-corrected chi connectivity index (χ2v) is 4.92. The number of nitrogens with one attached hydrogen (secondary N) is 1. The number of hydrogen-bond donors (Lipinski definition) is 4. The lowest BCUT2D eigenvalue weighted by atomic mass is 10.1. The van der Waals surface area contributed by atoms with E-state index in [1.54, 1.807) is 6.92 Å². The van der Waals surface area contributed by atoms with Crippen molar-refractivity contribution in [3.8, 4) is 0 Å². The third-order valence-corrected chi connectivity index (χ3v) is 3.20. The minimum absolute atomic E-state index is 0.106. The molecule has 1 heterocycles. The van der Waals surface area contributed by atoms with Crippen molar-refractivity contribution in [2.45, 2.75) is 19.0 Å². The molecule has 8 heteroatoms. The average Bonchev–Trinajstić information content (AvgIpc) is 2.38. The summed E-state index contributed by atoms with van der Waals surface area (Å²) in [4.78, 5) is 11.8. The first-order valence-corrected chi connectivity index (χ1v) is 6.13. The van der Waals surface area contributed by atoms with Crippen LogP contribution in [-0.4, -0.2) is 50.5 Å². The largest absolute Gasteiger partial charge is 0.394 e. The molecule has 0 aliphatic heterocycles. The van der Waals surface area contributed by atoms with Crippen LogP contribution in [0.2, 0.25) is 0 Å². The fourth-order valence-electron chi connectivity index (χ4n) is 1.26. The summed E-state index contributed by atoms with van der Waals surface area (Å²) in [5.41, 5.74) is -0.966. The summed E-state index contributed by atoms with van der Waals surface area (Å²) < 4.78 is 1.35. The fourth-order valence-corrected chi connectivity index (χ4v) is 1.67. The van der Waals surface area contributed by atoms with Crippen LogP contribution < -0.4 is 10.9 Å². The number of nitrogens with zero attached hydrogens (tertiary/aromatic N) is 2. The number of aliphatic hydroxyl groups is 3. The summed E-state index contributed by atoms with van der Waals surface area (Å²) in [7, 11) is 0. The molecule has 0 saturated carbocycles. The molecule has 0 radical (unpaired) electrons. The van der Waals surface area contributed by atoms with E-state index in [-0.39, 0.29) is 30.8 Å². The monoisotopic (exact) mass is 321 g/mol. The van der Waals surface area contributed by atoms with Crippen LogP contribution in [0.5, 0.6) is 0 Å². The van der Waals surface area contributed by atoms with Gasteiger partial charge in [0.2, 0.25) is 0 Å². The van der Waals surface area contributed by atoms with Gasteiger partial charge in [-0.25, -0.2) is 4.68 Å². The minimum Gasteiger partial charge on any atom is -0.394 e. The van der Waals surface area contributed by atoms with Gasteiger partial charge in [-0.3, -0.25) is 4.79 Å². The van der Waals surface area contributed by atoms with Gasteiger partial charge in [-0.2, -0.15) is 5.10 Å². The standard InChI is InChI=1S/C10H16BrN3O4/c1-10(5-16,6-17)13-7-4-12-14(2-3-15)9(18)8(7)11/h4,13,15-17H,2-3,5-6H2,1H3. The quantitative estimate of drug-likeness (QED) is 0.544. The lowest BCUT2D eigenvalue weighted by molar-refractivity contribution is 0.147. The van der Waals surface area contributed by atoms with Crippen LogP contribution in [0.4, 0.5) is 5.69 Å². The van der Waals surface area contributed by atoms with Gasteiger partial charge in [-0.1, -0.05) is 0 Å². The van der Waals surface area contributed by atoms with E-state index in [1.807, 2.05) is 0 Å². The van der Waals surface area contributed by atoms with E-state index in [0.29, 0.717) is 5.69 Å². The highest BCUT2D eigenvalue weighted by Gasteiger charge is 2.23. The third kappa shape index (κ3) is 3.29. The molecule has 0 aromatic carbocycles. The maximum atomic E-state index is 11.8. The number of halogens is 1. The molecule has 0 fully saturated rings. The first kappa shape index (κ1) is 15.1. The van der Waals surface area contributed by atoms with Crippen molar-refractivity contribution in [1.29, 1.82) is 0 Å². The summed E-state index contributed by atoms with van der Waals surface area (Å²) in [5.74, 6) is 0. The zero-order chi connectivity index (χ0) is 13.8. The van der Waals surface area contributed by atoms with Crippen LogP contribution in [0.1, 0.15) is 6.92 Å². The molecular formula is C10H16BrN3O4. The lowest BCUT2D eigenvalue weighted by Crippen LogP contribution is -2.43. The number of anilines is 1. The molecule has 4 N–H and O–H groups in total. The Bertz CT molecular complexity index is 459. The number of aromatic nitrogens is 2. The Morgan fingerprint density at radius 1 is 1.44 bits per heavy atom. The SMILES string of the molecule is CC(CO)(CO)Nc1cnn(CCO)c(=O)c1Br. The van der Waals surface area contributed by atoms with E-state index >= 15 is 0 Å². The molecule has 1 rings (SSSR count). The fraction of sp³-hybridized carbons (Fsp3) is 0.600. The van der Waals surface area contributed by atoms with Crippen molar-refractivity contribution >= 4 is 21.6 Å².